The number of benzene rings is 1. The van der Waals surface area contributed by atoms with E-state index in [1.807, 2.05) is 0 Å². The van der Waals surface area contributed by atoms with Crippen molar-refractivity contribution < 1.29 is 14.6 Å². The second-order valence-corrected chi connectivity index (χ2v) is 8.67. The Hall–Kier alpha value is -1.39. The minimum Gasteiger partial charge on any atom is -0.342 e. The summed E-state index contributed by atoms with van der Waals surface area (Å²) in [7, 11) is 0. The summed E-state index contributed by atoms with van der Waals surface area (Å²) in [5, 5.41) is 0. The maximum absolute atomic E-state index is 12.8. The van der Waals surface area contributed by atoms with E-state index in [0.29, 0.717) is 11.8 Å². The molecular weight excluding hydrogens is 322 g/mol. The van der Waals surface area contributed by atoms with Crippen LogP contribution in [0, 0.1) is 5.92 Å². The molecule has 3 aliphatic heterocycles. The summed E-state index contributed by atoms with van der Waals surface area (Å²) in [6, 6.07) is 11.7. The lowest BCUT2D eigenvalue weighted by atomic mass is 9.93. The minimum absolute atomic E-state index is 0.298. The number of likely N-dealkylation sites (tertiary alicyclic amines) is 3. The summed E-state index contributed by atoms with van der Waals surface area (Å²) in [5.41, 5.74) is 1.46. The molecule has 0 aromatic heterocycles. The third kappa shape index (κ3) is 4.29. The maximum atomic E-state index is 12.8. The standard InChI is InChI=1S/C22H33N3O/c26-22(24-12-4-5-13-24)20-9-6-14-25(18-20)21-10-15-23(16-11-21)17-19-7-2-1-3-8-19/h1-3,7-8,20-21H,4-6,9-18H2/p+2/t20-/m0/s1. The zero-order valence-electron chi connectivity index (χ0n) is 16.1. The molecule has 3 saturated heterocycles. The molecule has 0 bridgehead atoms. The Kier molecular flexibility index (Phi) is 5.91. The fraction of sp³-hybridized carbons (Fsp3) is 0.682. The molecule has 142 valence electrons. The van der Waals surface area contributed by atoms with Gasteiger partial charge in [-0.25, -0.2) is 0 Å². The van der Waals surface area contributed by atoms with Gasteiger partial charge in [0.25, 0.3) is 0 Å². The van der Waals surface area contributed by atoms with E-state index in [1.165, 1.54) is 63.8 Å². The van der Waals surface area contributed by atoms with Crippen LogP contribution in [0.15, 0.2) is 30.3 Å². The Morgan fingerprint density at radius 1 is 0.962 bits per heavy atom. The molecule has 2 atom stereocenters. The SMILES string of the molecule is O=C([C@H]1CCC[NH+](C2CC[NH+](Cc3ccccc3)CC2)C1)N1CCCC1. The summed E-state index contributed by atoms with van der Waals surface area (Å²) in [4.78, 5) is 18.4. The first kappa shape index (κ1) is 18.0. The fourth-order valence-electron chi connectivity index (χ4n) is 5.37. The fourth-order valence-corrected chi connectivity index (χ4v) is 5.37. The average Bonchev–Trinajstić information content (AvgIpc) is 3.24. The number of rotatable bonds is 4. The van der Waals surface area contributed by atoms with Gasteiger partial charge in [-0.3, -0.25) is 4.79 Å². The predicted molar refractivity (Wildman–Crippen MR) is 103 cm³/mol. The van der Waals surface area contributed by atoms with Gasteiger partial charge in [-0.2, -0.15) is 0 Å². The number of nitrogens with zero attached hydrogens (tertiary/aromatic N) is 1. The smallest absolute Gasteiger partial charge is 0.231 e. The van der Waals surface area contributed by atoms with Crippen LogP contribution < -0.4 is 9.80 Å². The zero-order valence-corrected chi connectivity index (χ0v) is 16.1. The Balaban J connectivity index is 1.26. The zero-order chi connectivity index (χ0) is 17.8. The molecule has 4 nitrogen and oxygen atoms in total. The Morgan fingerprint density at radius 3 is 2.42 bits per heavy atom. The molecule has 1 aromatic carbocycles. The van der Waals surface area contributed by atoms with Crippen molar-refractivity contribution in [1.29, 1.82) is 0 Å². The Labute approximate surface area is 158 Å². The second-order valence-electron chi connectivity index (χ2n) is 8.67. The quantitative estimate of drug-likeness (QED) is 0.789. The molecule has 0 spiro atoms. The highest BCUT2D eigenvalue weighted by Gasteiger charge is 2.37. The molecule has 3 fully saturated rings. The van der Waals surface area contributed by atoms with Gasteiger partial charge in [0.15, 0.2) is 0 Å². The van der Waals surface area contributed by atoms with Crippen molar-refractivity contribution in [1.82, 2.24) is 4.90 Å². The second kappa shape index (κ2) is 8.53. The molecule has 1 unspecified atom stereocenters. The molecule has 1 amide bonds. The van der Waals surface area contributed by atoms with Crippen molar-refractivity contribution in [2.24, 2.45) is 5.92 Å². The molecule has 4 heteroatoms. The van der Waals surface area contributed by atoms with Crippen LogP contribution in [0.2, 0.25) is 0 Å². The first-order valence-corrected chi connectivity index (χ1v) is 10.8. The lowest BCUT2D eigenvalue weighted by Crippen LogP contribution is -3.21. The highest BCUT2D eigenvalue weighted by molar-refractivity contribution is 5.79. The third-order valence-corrected chi connectivity index (χ3v) is 6.89. The molecule has 2 N–H and O–H groups in total. The first-order valence-electron chi connectivity index (χ1n) is 10.8. The van der Waals surface area contributed by atoms with Crippen LogP contribution in [0.3, 0.4) is 0 Å². The summed E-state index contributed by atoms with van der Waals surface area (Å²) in [6.07, 6.45) is 7.41. The van der Waals surface area contributed by atoms with Crippen molar-refractivity contribution in [2.45, 2.75) is 51.1 Å². The molecule has 4 rings (SSSR count). The molecule has 0 saturated carbocycles. The van der Waals surface area contributed by atoms with Gasteiger partial charge in [0.1, 0.15) is 6.54 Å². The lowest BCUT2D eigenvalue weighted by molar-refractivity contribution is -0.967. The number of carbonyl (C=O) groups excluding carboxylic acids is 1. The van der Waals surface area contributed by atoms with Gasteiger partial charge >= 0.3 is 0 Å². The highest BCUT2D eigenvalue weighted by Crippen LogP contribution is 2.17. The van der Waals surface area contributed by atoms with Crippen LogP contribution in [0.1, 0.15) is 44.1 Å². The number of hydrogen-bond donors (Lipinski definition) is 2. The highest BCUT2D eigenvalue weighted by atomic mass is 16.2. The van der Waals surface area contributed by atoms with E-state index in [-0.39, 0.29) is 0 Å². The van der Waals surface area contributed by atoms with Gasteiger partial charge in [0, 0.05) is 31.5 Å². The summed E-state index contributed by atoms with van der Waals surface area (Å²) < 4.78 is 0. The number of hydrogen-bond acceptors (Lipinski definition) is 1. The van der Waals surface area contributed by atoms with Crippen molar-refractivity contribution in [2.75, 3.05) is 39.3 Å². The van der Waals surface area contributed by atoms with E-state index in [2.05, 4.69) is 35.2 Å². The van der Waals surface area contributed by atoms with Crippen molar-refractivity contribution in [3.8, 4) is 0 Å². The normalized spacial score (nSPS) is 32.5. The van der Waals surface area contributed by atoms with E-state index < -0.39 is 0 Å². The molecule has 1 aromatic rings. The van der Waals surface area contributed by atoms with Crippen LogP contribution in [-0.2, 0) is 11.3 Å². The van der Waals surface area contributed by atoms with Crippen LogP contribution in [0.25, 0.3) is 0 Å². The molecule has 0 aliphatic carbocycles. The number of piperidine rings is 2. The maximum Gasteiger partial charge on any atom is 0.231 e. The average molecular weight is 358 g/mol. The van der Waals surface area contributed by atoms with E-state index in [9.17, 15) is 4.79 Å². The Morgan fingerprint density at radius 2 is 1.69 bits per heavy atom. The number of quaternary nitrogens is 2. The number of carbonyl (C=O) groups is 1. The van der Waals surface area contributed by atoms with Crippen LogP contribution >= 0.6 is 0 Å². The minimum atomic E-state index is 0.298. The lowest BCUT2D eigenvalue weighted by Gasteiger charge is -2.38. The molecule has 3 aliphatic rings. The number of amides is 1. The summed E-state index contributed by atoms with van der Waals surface area (Å²) >= 11 is 0. The van der Waals surface area contributed by atoms with E-state index in [4.69, 9.17) is 0 Å². The molecular formula is C22H35N3O+2. The topological polar surface area (TPSA) is 29.2 Å². The van der Waals surface area contributed by atoms with Crippen molar-refractivity contribution >= 4 is 5.91 Å². The van der Waals surface area contributed by atoms with Crippen LogP contribution in [0.4, 0.5) is 0 Å². The van der Waals surface area contributed by atoms with Gasteiger partial charge < -0.3 is 14.7 Å². The van der Waals surface area contributed by atoms with Gasteiger partial charge in [-0.05, 0) is 25.7 Å². The van der Waals surface area contributed by atoms with Crippen molar-refractivity contribution in [3.05, 3.63) is 35.9 Å². The summed E-state index contributed by atoms with van der Waals surface area (Å²) in [6.45, 7) is 8.12. The van der Waals surface area contributed by atoms with E-state index in [1.54, 1.807) is 9.80 Å². The first-order chi connectivity index (χ1) is 12.8. The largest absolute Gasteiger partial charge is 0.342 e. The molecule has 26 heavy (non-hydrogen) atoms. The molecule has 0 radical (unpaired) electrons. The van der Waals surface area contributed by atoms with E-state index >= 15 is 0 Å². The van der Waals surface area contributed by atoms with E-state index in [0.717, 1.165) is 32.1 Å². The van der Waals surface area contributed by atoms with Gasteiger partial charge in [0.05, 0.1) is 38.1 Å². The number of nitrogens with one attached hydrogen (secondary N) is 2. The molecule has 3 heterocycles. The summed E-state index contributed by atoms with van der Waals surface area (Å²) in [5.74, 6) is 0.762. The van der Waals surface area contributed by atoms with Gasteiger partial charge in [0.2, 0.25) is 5.91 Å². The van der Waals surface area contributed by atoms with Crippen LogP contribution in [0.5, 0.6) is 0 Å². The van der Waals surface area contributed by atoms with Crippen molar-refractivity contribution in [3.63, 3.8) is 0 Å². The predicted octanol–water partition coefficient (Wildman–Crippen LogP) is 0.151. The van der Waals surface area contributed by atoms with Gasteiger partial charge in [-0.15, -0.1) is 0 Å². The third-order valence-electron chi connectivity index (χ3n) is 6.89. The monoisotopic (exact) mass is 357 g/mol. The van der Waals surface area contributed by atoms with Crippen LogP contribution in [-0.4, -0.2) is 56.1 Å². The Bertz CT molecular complexity index is 576. The van der Waals surface area contributed by atoms with Gasteiger partial charge in [-0.1, -0.05) is 30.3 Å².